The van der Waals surface area contributed by atoms with Crippen molar-refractivity contribution in [2.75, 3.05) is 13.1 Å². The number of hydrogen-bond acceptors (Lipinski definition) is 6. The molecule has 0 aromatic carbocycles. The average molecular weight is 355 g/mol. The smallest absolute Gasteiger partial charge is 0.246 e. The summed E-state index contributed by atoms with van der Waals surface area (Å²) in [7, 11) is -3.84. The standard InChI is InChI=1S/C12H22N4O4S.ClH/c1-8-11(10(3)20-15-8)21(18,19)16-9(2)12(17)14-7-5-4-6-13;/h9,16H,4-7,13H2,1-3H3,(H,14,17);1H. The number of hydrogen-bond donors (Lipinski definition) is 3. The van der Waals surface area contributed by atoms with Gasteiger partial charge in [-0.25, -0.2) is 8.42 Å². The fraction of sp³-hybridized carbons (Fsp3) is 0.667. The van der Waals surface area contributed by atoms with Gasteiger partial charge < -0.3 is 15.6 Å². The first kappa shape index (κ1) is 20.8. The highest BCUT2D eigenvalue weighted by molar-refractivity contribution is 7.89. The van der Waals surface area contributed by atoms with Gasteiger partial charge in [0.2, 0.25) is 15.9 Å². The molecule has 0 aliphatic rings. The summed E-state index contributed by atoms with van der Waals surface area (Å²) in [5, 5.41) is 6.25. The molecule has 10 heteroatoms. The van der Waals surface area contributed by atoms with Gasteiger partial charge in [0.15, 0.2) is 5.76 Å². The molecule has 0 saturated carbocycles. The van der Waals surface area contributed by atoms with Crippen molar-refractivity contribution in [3.63, 3.8) is 0 Å². The van der Waals surface area contributed by atoms with Crippen molar-refractivity contribution in [2.24, 2.45) is 5.73 Å². The molecule has 4 N–H and O–H groups in total. The molecule has 1 heterocycles. The lowest BCUT2D eigenvalue weighted by atomic mass is 10.3. The van der Waals surface area contributed by atoms with Gasteiger partial charge in [0.25, 0.3) is 0 Å². The number of amides is 1. The zero-order chi connectivity index (χ0) is 16.0. The number of unbranched alkanes of at least 4 members (excludes halogenated alkanes) is 1. The van der Waals surface area contributed by atoms with Crippen LogP contribution in [-0.4, -0.2) is 38.6 Å². The van der Waals surface area contributed by atoms with Crippen molar-refractivity contribution < 1.29 is 17.7 Å². The lowest BCUT2D eigenvalue weighted by Gasteiger charge is -2.14. The Bertz CT molecular complexity index is 568. The van der Waals surface area contributed by atoms with E-state index in [1.165, 1.54) is 20.8 Å². The summed E-state index contributed by atoms with van der Waals surface area (Å²) in [4.78, 5) is 11.8. The Kier molecular flexibility index (Phi) is 8.61. The van der Waals surface area contributed by atoms with Crippen molar-refractivity contribution in [2.45, 2.75) is 44.6 Å². The minimum absolute atomic E-state index is 0. The molecule has 1 aromatic heterocycles. The van der Waals surface area contributed by atoms with Crippen LogP contribution >= 0.6 is 12.4 Å². The Morgan fingerprint density at radius 2 is 2.00 bits per heavy atom. The third-order valence-electron chi connectivity index (χ3n) is 2.89. The second-order valence-electron chi connectivity index (χ2n) is 4.78. The van der Waals surface area contributed by atoms with E-state index in [4.69, 9.17) is 10.3 Å². The Hall–Kier alpha value is -1.16. The highest BCUT2D eigenvalue weighted by Crippen LogP contribution is 2.18. The van der Waals surface area contributed by atoms with Gasteiger partial charge in [-0.05, 0) is 40.2 Å². The number of aryl methyl sites for hydroxylation is 2. The topological polar surface area (TPSA) is 127 Å². The zero-order valence-corrected chi connectivity index (χ0v) is 14.5. The Labute approximate surface area is 136 Å². The van der Waals surface area contributed by atoms with Gasteiger partial charge in [0, 0.05) is 6.54 Å². The molecule has 1 atom stereocenters. The van der Waals surface area contributed by atoms with E-state index in [1.54, 1.807) is 0 Å². The number of nitrogens with two attached hydrogens (primary N) is 1. The van der Waals surface area contributed by atoms with E-state index in [0.29, 0.717) is 13.1 Å². The monoisotopic (exact) mass is 354 g/mol. The van der Waals surface area contributed by atoms with Crippen LogP contribution < -0.4 is 15.8 Å². The number of nitrogens with one attached hydrogen (secondary N) is 2. The van der Waals surface area contributed by atoms with Crippen LogP contribution in [0, 0.1) is 13.8 Å². The molecule has 1 unspecified atom stereocenters. The van der Waals surface area contributed by atoms with Crippen LogP contribution in [0.3, 0.4) is 0 Å². The largest absolute Gasteiger partial charge is 0.360 e. The van der Waals surface area contributed by atoms with Crippen LogP contribution in [0.4, 0.5) is 0 Å². The van der Waals surface area contributed by atoms with Crippen molar-refractivity contribution in [3.05, 3.63) is 11.5 Å². The van der Waals surface area contributed by atoms with Gasteiger partial charge in [0.05, 0.1) is 6.04 Å². The molecule has 1 amide bonds. The fourth-order valence-electron chi connectivity index (χ4n) is 1.84. The summed E-state index contributed by atoms with van der Waals surface area (Å²) in [6.07, 6.45) is 1.56. The second kappa shape index (κ2) is 9.09. The van der Waals surface area contributed by atoms with Crippen LogP contribution in [0.2, 0.25) is 0 Å². The van der Waals surface area contributed by atoms with E-state index in [1.807, 2.05) is 0 Å². The maximum Gasteiger partial charge on any atom is 0.246 e. The first-order valence-electron chi connectivity index (χ1n) is 6.72. The van der Waals surface area contributed by atoms with E-state index in [-0.39, 0.29) is 34.7 Å². The maximum atomic E-state index is 12.2. The number of halogens is 1. The summed E-state index contributed by atoms with van der Waals surface area (Å²) in [6, 6.07) is -0.887. The third-order valence-corrected chi connectivity index (χ3v) is 4.68. The van der Waals surface area contributed by atoms with Crippen LogP contribution in [0.15, 0.2) is 9.42 Å². The quantitative estimate of drug-likeness (QED) is 0.573. The van der Waals surface area contributed by atoms with Gasteiger partial charge in [-0.2, -0.15) is 4.72 Å². The minimum Gasteiger partial charge on any atom is -0.360 e. The van der Waals surface area contributed by atoms with Gasteiger partial charge in [-0.3, -0.25) is 4.79 Å². The fourth-order valence-corrected chi connectivity index (χ4v) is 3.37. The molecule has 0 radical (unpaired) electrons. The Balaban J connectivity index is 0.00000441. The van der Waals surface area contributed by atoms with E-state index in [2.05, 4.69) is 15.2 Å². The van der Waals surface area contributed by atoms with Crippen LogP contribution in [0.1, 0.15) is 31.2 Å². The number of aromatic nitrogens is 1. The molecular formula is C12H23ClN4O4S. The third kappa shape index (κ3) is 5.56. The lowest BCUT2D eigenvalue weighted by molar-refractivity contribution is -0.122. The molecule has 0 aliphatic heterocycles. The van der Waals surface area contributed by atoms with Gasteiger partial charge >= 0.3 is 0 Å². The predicted molar refractivity (Wildman–Crippen MR) is 84.3 cm³/mol. The molecular weight excluding hydrogens is 332 g/mol. The molecule has 8 nitrogen and oxygen atoms in total. The van der Waals surface area contributed by atoms with Crippen molar-refractivity contribution in [1.82, 2.24) is 15.2 Å². The SMILES string of the molecule is Cc1noc(C)c1S(=O)(=O)NC(C)C(=O)NCCCCN.Cl. The summed E-state index contributed by atoms with van der Waals surface area (Å²) in [5.74, 6) is -0.196. The van der Waals surface area contributed by atoms with E-state index in [9.17, 15) is 13.2 Å². The molecule has 22 heavy (non-hydrogen) atoms. The van der Waals surface area contributed by atoms with Gasteiger partial charge in [-0.1, -0.05) is 5.16 Å². The first-order valence-corrected chi connectivity index (χ1v) is 8.21. The summed E-state index contributed by atoms with van der Waals surface area (Å²) >= 11 is 0. The molecule has 0 aliphatic carbocycles. The normalized spacial score (nSPS) is 12.5. The summed E-state index contributed by atoms with van der Waals surface area (Å²) in [6.45, 7) is 5.54. The molecule has 1 rings (SSSR count). The Morgan fingerprint density at radius 3 is 2.50 bits per heavy atom. The van der Waals surface area contributed by atoms with Crippen molar-refractivity contribution in [1.29, 1.82) is 0 Å². The van der Waals surface area contributed by atoms with Crippen LogP contribution in [0.25, 0.3) is 0 Å². The predicted octanol–water partition coefficient (Wildman–Crippen LogP) is 0.235. The lowest BCUT2D eigenvalue weighted by Crippen LogP contribution is -2.45. The van der Waals surface area contributed by atoms with E-state index < -0.39 is 16.1 Å². The molecule has 0 spiro atoms. The van der Waals surface area contributed by atoms with E-state index in [0.717, 1.165) is 12.8 Å². The number of carbonyl (C=O) groups is 1. The van der Waals surface area contributed by atoms with Crippen LogP contribution in [0.5, 0.6) is 0 Å². The zero-order valence-electron chi connectivity index (χ0n) is 12.9. The highest BCUT2D eigenvalue weighted by atomic mass is 35.5. The van der Waals surface area contributed by atoms with Crippen molar-refractivity contribution >= 4 is 28.3 Å². The van der Waals surface area contributed by atoms with Crippen LogP contribution in [-0.2, 0) is 14.8 Å². The molecule has 0 saturated heterocycles. The molecule has 1 aromatic rings. The highest BCUT2D eigenvalue weighted by Gasteiger charge is 2.27. The molecule has 0 fully saturated rings. The molecule has 128 valence electrons. The minimum atomic E-state index is -3.84. The van der Waals surface area contributed by atoms with Crippen molar-refractivity contribution in [3.8, 4) is 0 Å². The van der Waals surface area contributed by atoms with E-state index >= 15 is 0 Å². The average Bonchev–Trinajstić information content (AvgIpc) is 2.74. The number of sulfonamides is 1. The summed E-state index contributed by atoms with van der Waals surface area (Å²) < 4.78 is 31.6. The second-order valence-corrected chi connectivity index (χ2v) is 6.43. The molecule has 0 bridgehead atoms. The maximum absolute atomic E-state index is 12.2. The van der Waals surface area contributed by atoms with Gasteiger partial charge in [0.1, 0.15) is 10.6 Å². The number of rotatable bonds is 8. The Morgan fingerprint density at radius 1 is 1.36 bits per heavy atom. The first-order chi connectivity index (χ1) is 9.79. The number of nitrogens with zero attached hydrogens (tertiary/aromatic N) is 1. The van der Waals surface area contributed by atoms with Gasteiger partial charge in [-0.15, -0.1) is 12.4 Å². The number of carbonyl (C=O) groups excluding carboxylic acids is 1. The summed E-state index contributed by atoms with van der Waals surface area (Å²) in [5.41, 5.74) is 5.61.